The Balaban J connectivity index is 2.70. The molecule has 0 aliphatic carbocycles. The summed E-state index contributed by atoms with van der Waals surface area (Å²) in [5, 5.41) is 10.5. The van der Waals surface area contributed by atoms with Gasteiger partial charge in [-0.15, -0.1) is 0 Å². The van der Waals surface area contributed by atoms with Crippen molar-refractivity contribution < 1.29 is 5.11 Å². The molecule has 1 heterocycles. The maximum Gasteiger partial charge on any atom is 0.141 e. The van der Waals surface area contributed by atoms with Crippen LogP contribution in [0.15, 0.2) is 30.3 Å². The lowest BCUT2D eigenvalue weighted by atomic mass is 10.1. The van der Waals surface area contributed by atoms with Crippen LogP contribution in [0, 0.1) is 0 Å². The van der Waals surface area contributed by atoms with Crippen LogP contribution in [0.1, 0.15) is 18.7 Å². The van der Waals surface area contributed by atoms with Crippen LogP contribution in [0.25, 0.3) is 10.9 Å². The van der Waals surface area contributed by atoms with Crippen molar-refractivity contribution >= 4 is 10.9 Å². The second kappa shape index (κ2) is 3.27. The molecule has 0 radical (unpaired) electrons. The summed E-state index contributed by atoms with van der Waals surface area (Å²) >= 11 is 0. The zero-order valence-electron chi connectivity index (χ0n) is 7.94. The van der Waals surface area contributed by atoms with E-state index in [4.69, 9.17) is 5.73 Å². The molecular formula is C11H12N2O. The van der Waals surface area contributed by atoms with Crippen LogP contribution < -0.4 is 5.73 Å². The van der Waals surface area contributed by atoms with Gasteiger partial charge in [-0.3, -0.25) is 0 Å². The molecule has 3 heteroatoms. The number of nitrogens with zero attached hydrogens (tertiary/aromatic N) is 1. The van der Waals surface area contributed by atoms with E-state index in [2.05, 4.69) is 4.98 Å². The first-order chi connectivity index (χ1) is 6.68. The number of aromatic hydroxyl groups is 1. The molecule has 0 aliphatic rings. The van der Waals surface area contributed by atoms with Crippen molar-refractivity contribution in [3.8, 4) is 5.75 Å². The van der Waals surface area contributed by atoms with Crippen molar-refractivity contribution in [2.24, 2.45) is 5.73 Å². The average molecular weight is 188 g/mol. The van der Waals surface area contributed by atoms with E-state index in [0.29, 0.717) is 5.52 Å². The van der Waals surface area contributed by atoms with E-state index < -0.39 is 0 Å². The largest absolute Gasteiger partial charge is 0.506 e. The summed E-state index contributed by atoms with van der Waals surface area (Å²) in [4.78, 5) is 4.30. The first kappa shape index (κ1) is 8.97. The van der Waals surface area contributed by atoms with E-state index in [1.807, 2.05) is 25.1 Å². The van der Waals surface area contributed by atoms with Crippen molar-refractivity contribution in [3.63, 3.8) is 0 Å². The number of fused-ring (bicyclic) bond motifs is 1. The first-order valence-corrected chi connectivity index (χ1v) is 4.52. The van der Waals surface area contributed by atoms with E-state index in [1.54, 1.807) is 12.1 Å². The Hall–Kier alpha value is -1.61. The standard InChI is InChI=1S/C11H12N2O/c1-7(12)9-6-5-8-3-2-4-10(14)11(8)13-9/h2-7,14H,12H2,1H3/t7-/m0/s1. The smallest absolute Gasteiger partial charge is 0.141 e. The maximum atomic E-state index is 9.57. The lowest BCUT2D eigenvalue weighted by molar-refractivity contribution is 0.480. The van der Waals surface area contributed by atoms with Gasteiger partial charge in [0.15, 0.2) is 0 Å². The van der Waals surface area contributed by atoms with Crippen molar-refractivity contribution in [2.75, 3.05) is 0 Å². The highest BCUT2D eigenvalue weighted by Crippen LogP contribution is 2.23. The Morgan fingerprint density at radius 3 is 2.79 bits per heavy atom. The van der Waals surface area contributed by atoms with Crippen LogP contribution in [0.4, 0.5) is 0 Å². The number of hydrogen-bond donors (Lipinski definition) is 2. The minimum Gasteiger partial charge on any atom is -0.506 e. The summed E-state index contributed by atoms with van der Waals surface area (Å²) in [6, 6.07) is 9.02. The molecule has 2 rings (SSSR count). The lowest BCUT2D eigenvalue weighted by Gasteiger charge is -2.06. The molecule has 0 saturated carbocycles. The Morgan fingerprint density at radius 1 is 1.29 bits per heavy atom. The minimum atomic E-state index is -0.112. The predicted octanol–water partition coefficient (Wildman–Crippen LogP) is 1.96. The predicted molar refractivity (Wildman–Crippen MR) is 56.0 cm³/mol. The molecule has 2 aromatic rings. The molecule has 1 aromatic carbocycles. The summed E-state index contributed by atoms with van der Waals surface area (Å²) in [6.45, 7) is 1.87. The van der Waals surface area contributed by atoms with Crippen molar-refractivity contribution in [1.82, 2.24) is 4.98 Å². The van der Waals surface area contributed by atoms with E-state index >= 15 is 0 Å². The number of hydrogen-bond acceptors (Lipinski definition) is 3. The number of benzene rings is 1. The first-order valence-electron chi connectivity index (χ1n) is 4.52. The second-order valence-corrected chi connectivity index (χ2v) is 3.37. The number of nitrogens with two attached hydrogens (primary N) is 1. The molecule has 0 bridgehead atoms. The van der Waals surface area contributed by atoms with Crippen LogP contribution in [0.3, 0.4) is 0 Å². The molecular weight excluding hydrogens is 176 g/mol. The molecule has 0 unspecified atom stereocenters. The Bertz CT molecular complexity index is 466. The van der Waals surface area contributed by atoms with Gasteiger partial charge in [-0.2, -0.15) is 0 Å². The number of rotatable bonds is 1. The Kier molecular flexibility index (Phi) is 2.09. The molecule has 1 aromatic heterocycles. The molecule has 0 amide bonds. The van der Waals surface area contributed by atoms with E-state index in [0.717, 1.165) is 11.1 Å². The van der Waals surface area contributed by atoms with Gasteiger partial charge in [-0.1, -0.05) is 18.2 Å². The van der Waals surface area contributed by atoms with Gasteiger partial charge >= 0.3 is 0 Å². The molecule has 14 heavy (non-hydrogen) atoms. The Morgan fingerprint density at radius 2 is 2.07 bits per heavy atom. The average Bonchev–Trinajstić information content (AvgIpc) is 2.18. The van der Waals surface area contributed by atoms with E-state index in [-0.39, 0.29) is 11.8 Å². The van der Waals surface area contributed by atoms with Gasteiger partial charge in [0.25, 0.3) is 0 Å². The number of phenols is 1. The van der Waals surface area contributed by atoms with Crippen molar-refractivity contribution in [3.05, 3.63) is 36.0 Å². The minimum absolute atomic E-state index is 0.112. The summed E-state index contributed by atoms with van der Waals surface area (Å²) in [5.41, 5.74) is 7.11. The fourth-order valence-electron chi connectivity index (χ4n) is 1.40. The molecule has 0 fully saturated rings. The van der Waals surface area contributed by atoms with Crippen LogP contribution in [0.5, 0.6) is 5.75 Å². The van der Waals surface area contributed by atoms with Crippen LogP contribution in [-0.2, 0) is 0 Å². The normalized spacial score (nSPS) is 13.0. The third-order valence-electron chi connectivity index (χ3n) is 2.19. The van der Waals surface area contributed by atoms with Gasteiger partial charge in [-0.05, 0) is 19.1 Å². The zero-order chi connectivity index (χ0) is 10.1. The summed E-state index contributed by atoms with van der Waals surface area (Å²) in [7, 11) is 0. The summed E-state index contributed by atoms with van der Waals surface area (Å²) < 4.78 is 0. The molecule has 1 atom stereocenters. The van der Waals surface area contributed by atoms with Crippen molar-refractivity contribution in [1.29, 1.82) is 0 Å². The molecule has 0 saturated heterocycles. The third-order valence-corrected chi connectivity index (χ3v) is 2.19. The third kappa shape index (κ3) is 1.42. The van der Waals surface area contributed by atoms with Crippen LogP contribution >= 0.6 is 0 Å². The number of pyridine rings is 1. The number of phenolic OH excluding ortho intramolecular Hbond substituents is 1. The second-order valence-electron chi connectivity index (χ2n) is 3.37. The van der Waals surface area contributed by atoms with Crippen LogP contribution in [-0.4, -0.2) is 10.1 Å². The van der Waals surface area contributed by atoms with Gasteiger partial charge in [0.2, 0.25) is 0 Å². The van der Waals surface area contributed by atoms with Gasteiger partial charge in [-0.25, -0.2) is 4.98 Å². The van der Waals surface area contributed by atoms with Gasteiger partial charge in [0.05, 0.1) is 5.69 Å². The fraction of sp³-hybridized carbons (Fsp3) is 0.182. The highest BCUT2D eigenvalue weighted by molar-refractivity contribution is 5.84. The van der Waals surface area contributed by atoms with E-state index in [1.165, 1.54) is 0 Å². The molecule has 0 spiro atoms. The fourth-order valence-corrected chi connectivity index (χ4v) is 1.40. The van der Waals surface area contributed by atoms with Crippen LogP contribution in [0.2, 0.25) is 0 Å². The number of para-hydroxylation sites is 1. The van der Waals surface area contributed by atoms with E-state index in [9.17, 15) is 5.11 Å². The molecule has 72 valence electrons. The van der Waals surface area contributed by atoms with Gasteiger partial charge in [0, 0.05) is 11.4 Å². The quantitative estimate of drug-likeness (QED) is 0.719. The SMILES string of the molecule is C[C@H](N)c1ccc2cccc(O)c2n1. The van der Waals surface area contributed by atoms with Gasteiger partial charge in [0.1, 0.15) is 11.3 Å². The lowest BCUT2D eigenvalue weighted by Crippen LogP contribution is -2.06. The number of aromatic nitrogens is 1. The molecule has 3 nitrogen and oxygen atoms in total. The highest BCUT2D eigenvalue weighted by Gasteiger charge is 2.04. The van der Waals surface area contributed by atoms with Gasteiger partial charge < -0.3 is 10.8 Å². The van der Waals surface area contributed by atoms with Crippen molar-refractivity contribution in [2.45, 2.75) is 13.0 Å². The maximum absolute atomic E-state index is 9.57. The zero-order valence-corrected chi connectivity index (χ0v) is 7.94. The summed E-state index contributed by atoms with van der Waals surface area (Å²) in [5.74, 6) is 0.199. The molecule has 3 N–H and O–H groups in total. The Labute approximate surface area is 82.2 Å². The molecule has 0 aliphatic heterocycles. The topological polar surface area (TPSA) is 59.1 Å². The monoisotopic (exact) mass is 188 g/mol. The summed E-state index contributed by atoms with van der Waals surface area (Å²) in [6.07, 6.45) is 0. The highest BCUT2D eigenvalue weighted by atomic mass is 16.3.